The number of benzene rings is 2. The average Bonchev–Trinajstić information content (AvgIpc) is 2.89. The highest BCUT2D eigenvalue weighted by molar-refractivity contribution is 7.80. The molecule has 5 rings (SSSR count). The number of aromatic amines is 1. The molecule has 0 unspecified atom stereocenters. The van der Waals surface area contributed by atoms with Gasteiger partial charge in [-0.05, 0) is 48.0 Å². The zero-order chi connectivity index (χ0) is 24.0. The Hall–Kier alpha value is -3.91. The summed E-state index contributed by atoms with van der Waals surface area (Å²) in [7, 11) is 0. The number of fused-ring (bicyclic) bond motifs is 2. The molecule has 0 saturated carbocycles. The molecule has 1 aliphatic heterocycles. The van der Waals surface area contributed by atoms with E-state index < -0.39 is 0 Å². The van der Waals surface area contributed by atoms with Crippen LogP contribution in [0.5, 0.6) is 11.5 Å². The highest BCUT2D eigenvalue weighted by atomic mass is 32.1. The molecule has 2 aromatic heterocycles. The topological polar surface area (TPSA) is 79.5 Å². The fourth-order valence-corrected chi connectivity index (χ4v) is 4.32. The first-order valence-electron chi connectivity index (χ1n) is 11.6. The quantitative estimate of drug-likeness (QED) is 0.385. The monoisotopic (exact) mass is 486 g/mol. The molecule has 2 aromatic carbocycles. The van der Waals surface area contributed by atoms with Crippen molar-refractivity contribution in [2.45, 2.75) is 19.5 Å². The summed E-state index contributed by atoms with van der Waals surface area (Å²) in [6.07, 6.45) is 4.41. The second-order valence-corrected chi connectivity index (χ2v) is 8.78. The number of nitrogens with one attached hydrogen (secondary N) is 2. The van der Waals surface area contributed by atoms with Crippen LogP contribution in [0.15, 0.2) is 77.9 Å². The average molecular weight is 487 g/mol. The van der Waals surface area contributed by atoms with Crippen molar-refractivity contribution in [2.75, 3.05) is 19.8 Å². The van der Waals surface area contributed by atoms with E-state index in [0.717, 1.165) is 17.4 Å². The molecule has 7 nitrogen and oxygen atoms in total. The molecule has 0 spiro atoms. The first-order valence-corrected chi connectivity index (χ1v) is 12.0. The van der Waals surface area contributed by atoms with E-state index in [1.165, 1.54) is 5.56 Å². The lowest BCUT2D eigenvalue weighted by atomic mass is 10.1. The van der Waals surface area contributed by atoms with Crippen LogP contribution in [0.4, 0.5) is 0 Å². The van der Waals surface area contributed by atoms with Crippen LogP contribution in [0.25, 0.3) is 10.9 Å². The number of thiocarbonyl (C=S) groups is 1. The predicted octanol–water partition coefficient (Wildman–Crippen LogP) is 3.81. The third-order valence-electron chi connectivity index (χ3n) is 5.86. The first kappa shape index (κ1) is 22.9. The Bertz CT molecular complexity index is 1380. The SMILES string of the molecule is O=c1[nH]c2cc3c(cc2cc1CN(Cc1cccnc1)C(=S)NCCc1ccccc1)OCCO3. The Kier molecular flexibility index (Phi) is 6.90. The molecule has 0 aliphatic carbocycles. The summed E-state index contributed by atoms with van der Waals surface area (Å²) >= 11 is 5.75. The van der Waals surface area contributed by atoms with Crippen molar-refractivity contribution >= 4 is 28.2 Å². The molecule has 178 valence electrons. The Morgan fingerprint density at radius 1 is 1.00 bits per heavy atom. The Balaban J connectivity index is 1.37. The van der Waals surface area contributed by atoms with Crippen molar-refractivity contribution < 1.29 is 9.47 Å². The van der Waals surface area contributed by atoms with Gasteiger partial charge in [-0.1, -0.05) is 36.4 Å². The van der Waals surface area contributed by atoms with Gasteiger partial charge in [-0.15, -0.1) is 0 Å². The minimum atomic E-state index is -0.155. The van der Waals surface area contributed by atoms with Gasteiger partial charge in [-0.3, -0.25) is 9.78 Å². The van der Waals surface area contributed by atoms with Crippen LogP contribution in [0.1, 0.15) is 16.7 Å². The minimum Gasteiger partial charge on any atom is -0.486 e. The van der Waals surface area contributed by atoms with Crippen molar-refractivity contribution in [3.63, 3.8) is 0 Å². The summed E-state index contributed by atoms with van der Waals surface area (Å²) < 4.78 is 11.4. The summed E-state index contributed by atoms with van der Waals surface area (Å²) in [4.78, 5) is 22.2. The maximum absolute atomic E-state index is 13.0. The van der Waals surface area contributed by atoms with E-state index in [9.17, 15) is 4.79 Å². The molecule has 0 saturated heterocycles. The third-order valence-corrected chi connectivity index (χ3v) is 6.26. The number of hydrogen-bond donors (Lipinski definition) is 2. The normalized spacial score (nSPS) is 12.3. The van der Waals surface area contributed by atoms with Gasteiger partial charge in [-0.25, -0.2) is 0 Å². The van der Waals surface area contributed by atoms with Crippen molar-refractivity contribution in [2.24, 2.45) is 0 Å². The highest BCUT2D eigenvalue weighted by Gasteiger charge is 2.17. The zero-order valence-electron chi connectivity index (χ0n) is 19.2. The van der Waals surface area contributed by atoms with Gasteiger partial charge in [0.2, 0.25) is 0 Å². The van der Waals surface area contributed by atoms with Gasteiger partial charge in [0.1, 0.15) is 13.2 Å². The van der Waals surface area contributed by atoms with Crippen molar-refractivity contribution in [1.29, 1.82) is 0 Å². The number of pyridine rings is 2. The molecule has 0 amide bonds. The van der Waals surface area contributed by atoms with E-state index in [4.69, 9.17) is 21.7 Å². The maximum atomic E-state index is 13.0. The van der Waals surface area contributed by atoms with Gasteiger partial charge in [-0.2, -0.15) is 0 Å². The van der Waals surface area contributed by atoms with Crippen LogP contribution in [0.3, 0.4) is 0 Å². The molecule has 3 heterocycles. The summed E-state index contributed by atoms with van der Waals surface area (Å²) in [5, 5.41) is 4.83. The molecule has 0 radical (unpaired) electrons. The van der Waals surface area contributed by atoms with Gasteiger partial charge in [0.25, 0.3) is 5.56 Å². The highest BCUT2D eigenvalue weighted by Crippen LogP contribution is 2.33. The number of H-pyrrole nitrogens is 1. The predicted molar refractivity (Wildman–Crippen MR) is 140 cm³/mol. The molecule has 1 aliphatic rings. The molecular weight excluding hydrogens is 460 g/mol. The van der Waals surface area contributed by atoms with E-state index in [1.807, 2.05) is 59.6 Å². The van der Waals surface area contributed by atoms with Gasteiger partial charge in [0, 0.05) is 42.5 Å². The van der Waals surface area contributed by atoms with Crippen LogP contribution in [-0.4, -0.2) is 39.7 Å². The second-order valence-electron chi connectivity index (χ2n) is 8.39. The molecule has 35 heavy (non-hydrogen) atoms. The smallest absolute Gasteiger partial charge is 0.253 e. The van der Waals surface area contributed by atoms with Crippen molar-refractivity contribution in [3.05, 3.63) is 100 Å². The third kappa shape index (κ3) is 5.60. The van der Waals surface area contributed by atoms with Crippen LogP contribution in [-0.2, 0) is 19.5 Å². The van der Waals surface area contributed by atoms with E-state index in [1.54, 1.807) is 6.20 Å². The number of hydrogen-bond acceptors (Lipinski definition) is 5. The standard InChI is InChI=1S/C27H26N4O3S/c32-26-22(13-21-14-24-25(15-23(21)30-26)34-12-11-33-24)18-31(17-20-7-4-9-28-16-20)27(35)29-10-8-19-5-2-1-3-6-19/h1-7,9,13-16H,8,10-12,17-18H2,(H,29,35)(H,30,32). The fraction of sp³-hybridized carbons (Fsp3) is 0.222. The van der Waals surface area contributed by atoms with Gasteiger partial charge in [0.05, 0.1) is 12.1 Å². The molecular formula is C27H26N4O3S. The Morgan fingerprint density at radius 3 is 2.54 bits per heavy atom. The van der Waals surface area contributed by atoms with Gasteiger partial charge in [0.15, 0.2) is 16.6 Å². The molecule has 8 heteroatoms. The lowest BCUT2D eigenvalue weighted by molar-refractivity contribution is 0.172. The fourth-order valence-electron chi connectivity index (χ4n) is 4.09. The molecule has 0 fully saturated rings. The zero-order valence-corrected chi connectivity index (χ0v) is 20.0. The lowest BCUT2D eigenvalue weighted by Gasteiger charge is -2.26. The maximum Gasteiger partial charge on any atom is 0.253 e. The van der Waals surface area contributed by atoms with Gasteiger partial charge >= 0.3 is 0 Å². The van der Waals surface area contributed by atoms with Crippen LogP contribution in [0.2, 0.25) is 0 Å². The Morgan fingerprint density at radius 2 is 1.77 bits per heavy atom. The van der Waals surface area contributed by atoms with Crippen LogP contribution in [0, 0.1) is 0 Å². The largest absolute Gasteiger partial charge is 0.486 e. The second kappa shape index (κ2) is 10.6. The number of ether oxygens (including phenoxy) is 2. The molecule has 2 N–H and O–H groups in total. The number of rotatable bonds is 7. The van der Waals surface area contributed by atoms with E-state index in [2.05, 4.69) is 27.4 Å². The van der Waals surface area contributed by atoms with Crippen molar-refractivity contribution in [3.8, 4) is 11.5 Å². The molecule has 4 aromatic rings. The first-order chi connectivity index (χ1) is 17.2. The summed E-state index contributed by atoms with van der Waals surface area (Å²) in [5.74, 6) is 1.33. The minimum absolute atomic E-state index is 0.155. The molecule has 0 atom stereocenters. The summed E-state index contributed by atoms with van der Waals surface area (Å²) in [6.45, 7) is 2.59. The summed E-state index contributed by atoms with van der Waals surface area (Å²) in [6, 6.07) is 19.8. The van der Waals surface area contributed by atoms with E-state index in [-0.39, 0.29) is 5.56 Å². The van der Waals surface area contributed by atoms with Crippen molar-refractivity contribution in [1.82, 2.24) is 20.2 Å². The lowest BCUT2D eigenvalue weighted by Crippen LogP contribution is -2.40. The summed E-state index contributed by atoms with van der Waals surface area (Å²) in [5.41, 5.74) is 3.42. The molecule has 0 bridgehead atoms. The van der Waals surface area contributed by atoms with E-state index >= 15 is 0 Å². The van der Waals surface area contributed by atoms with Crippen LogP contribution >= 0.6 is 12.2 Å². The number of aromatic nitrogens is 2. The Labute approximate surface area is 208 Å². The van der Waals surface area contributed by atoms with Gasteiger partial charge < -0.3 is 24.7 Å². The van der Waals surface area contributed by atoms with Crippen LogP contribution < -0.4 is 20.3 Å². The number of nitrogens with zero attached hydrogens (tertiary/aromatic N) is 2. The van der Waals surface area contributed by atoms with E-state index in [0.29, 0.717) is 60.5 Å².